The molecule has 0 spiro atoms. The zero-order valence-corrected chi connectivity index (χ0v) is 12.5. The van der Waals surface area contributed by atoms with Gasteiger partial charge in [0.15, 0.2) is 6.29 Å². The van der Waals surface area contributed by atoms with Gasteiger partial charge in [0.1, 0.15) is 9.84 Å². The molecule has 6 heteroatoms. The second-order valence-corrected chi connectivity index (χ2v) is 8.38. The summed E-state index contributed by atoms with van der Waals surface area (Å²) >= 11 is 0. The van der Waals surface area contributed by atoms with E-state index in [-0.39, 0.29) is 17.4 Å². The Labute approximate surface area is 119 Å². The van der Waals surface area contributed by atoms with Crippen molar-refractivity contribution in [2.45, 2.75) is 44.6 Å². The number of rotatable bonds is 4. The fraction of sp³-hybridized carbons (Fsp3) is 0.714. The van der Waals surface area contributed by atoms with Crippen LogP contribution in [0.4, 0.5) is 0 Å². The Morgan fingerprint density at radius 3 is 2.50 bits per heavy atom. The van der Waals surface area contributed by atoms with Crippen LogP contribution in [-0.2, 0) is 9.84 Å². The number of aromatic nitrogens is 2. The van der Waals surface area contributed by atoms with Gasteiger partial charge < -0.3 is 0 Å². The molecule has 2 aliphatic rings. The van der Waals surface area contributed by atoms with Gasteiger partial charge in [-0.2, -0.15) is 5.10 Å². The number of nitrogens with zero attached hydrogens (tertiary/aromatic N) is 2. The lowest BCUT2D eigenvalue weighted by molar-refractivity contribution is 0.112. The first kappa shape index (κ1) is 13.8. The topological polar surface area (TPSA) is 69.0 Å². The van der Waals surface area contributed by atoms with Crippen molar-refractivity contribution in [1.82, 2.24) is 9.78 Å². The van der Waals surface area contributed by atoms with Crippen molar-refractivity contribution < 1.29 is 13.2 Å². The molecule has 0 amide bonds. The van der Waals surface area contributed by atoms with E-state index in [1.165, 1.54) is 12.8 Å². The summed E-state index contributed by atoms with van der Waals surface area (Å²) in [6.07, 6.45) is 6.30. The summed E-state index contributed by atoms with van der Waals surface area (Å²) in [7, 11) is -2.88. The highest BCUT2D eigenvalue weighted by atomic mass is 32.2. The fourth-order valence-electron chi connectivity index (χ4n) is 2.99. The molecule has 0 radical (unpaired) electrons. The molecule has 2 fully saturated rings. The van der Waals surface area contributed by atoms with E-state index in [1.54, 1.807) is 0 Å². The highest BCUT2D eigenvalue weighted by Crippen LogP contribution is 2.40. The summed E-state index contributed by atoms with van der Waals surface area (Å²) in [5, 5.41) is 4.60. The van der Waals surface area contributed by atoms with E-state index in [2.05, 4.69) is 12.0 Å². The Morgan fingerprint density at radius 1 is 1.30 bits per heavy atom. The average Bonchev–Trinajstić information content (AvgIpc) is 3.17. The number of hydrogen-bond donors (Lipinski definition) is 0. The maximum Gasteiger partial charge on any atom is 0.153 e. The van der Waals surface area contributed by atoms with Crippen LogP contribution in [0.3, 0.4) is 0 Å². The minimum Gasteiger partial charge on any atom is -0.298 e. The van der Waals surface area contributed by atoms with Crippen LogP contribution in [0.5, 0.6) is 0 Å². The first-order valence-electron chi connectivity index (χ1n) is 7.25. The third kappa shape index (κ3) is 2.66. The largest absolute Gasteiger partial charge is 0.298 e. The number of carbonyl (C=O) groups is 1. The van der Waals surface area contributed by atoms with Crippen LogP contribution in [0.25, 0.3) is 0 Å². The monoisotopic (exact) mass is 296 g/mol. The zero-order valence-electron chi connectivity index (χ0n) is 11.7. The quantitative estimate of drug-likeness (QED) is 0.796. The summed E-state index contributed by atoms with van der Waals surface area (Å²) in [5.74, 6) is 1.20. The Kier molecular flexibility index (Phi) is 3.44. The van der Waals surface area contributed by atoms with Gasteiger partial charge in [0.05, 0.1) is 28.8 Å². The molecule has 1 unspecified atom stereocenters. The highest BCUT2D eigenvalue weighted by Gasteiger charge is 2.32. The summed E-state index contributed by atoms with van der Waals surface area (Å²) < 4.78 is 24.9. The fourth-order valence-corrected chi connectivity index (χ4v) is 4.49. The molecule has 1 saturated carbocycles. The number of sulfone groups is 1. The molecule has 0 bridgehead atoms. The lowest BCUT2D eigenvalue weighted by atomic mass is 9.96. The molecule has 1 saturated heterocycles. The Balaban J connectivity index is 1.83. The predicted molar refractivity (Wildman–Crippen MR) is 75.7 cm³/mol. The maximum atomic E-state index is 11.5. The number of carbonyl (C=O) groups excluding carboxylic acids is 1. The van der Waals surface area contributed by atoms with Crippen molar-refractivity contribution in [3.8, 4) is 0 Å². The van der Waals surface area contributed by atoms with Gasteiger partial charge in [-0.15, -0.1) is 0 Å². The first-order valence-corrected chi connectivity index (χ1v) is 9.07. The lowest BCUT2D eigenvalue weighted by Crippen LogP contribution is -2.23. The summed E-state index contributed by atoms with van der Waals surface area (Å²) in [5.41, 5.74) is 1.42. The molecule has 3 rings (SSSR count). The smallest absolute Gasteiger partial charge is 0.153 e. The molecule has 1 atom stereocenters. The van der Waals surface area contributed by atoms with Gasteiger partial charge in [0.2, 0.25) is 0 Å². The number of hydrogen-bond acceptors (Lipinski definition) is 4. The predicted octanol–water partition coefficient (Wildman–Crippen LogP) is 1.96. The van der Waals surface area contributed by atoms with Crippen LogP contribution in [0, 0.1) is 5.92 Å². The molecule has 1 aliphatic carbocycles. The SMILES string of the molecule is CC(C1CC1)n1cc(C=O)c(C2CCS(=O)(=O)CC2)n1. The van der Waals surface area contributed by atoms with Crippen LogP contribution >= 0.6 is 0 Å². The normalized spacial score (nSPS) is 24.4. The highest BCUT2D eigenvalue weighted by molar-refractivity contribution is 7.91. The van der Waals surface area contributed by atoms with Gasteiger partial charge in [0.25, 0.3) is 0 Å². The van der Waals surface area contributed by atoms with Crippen molar-refractivity contribution in [1.29, 1.82) is 0 Å². The molecule has 110 valence electrons. The molecule has 1 aromatic heterocycles. The van der Waals surface area contributed by atoms with Crippen molar-refractivity contribution in [3.63, 3.8) is 0 Å². The van der Waals surface area contributed by atoms with Gasteiger partial charge >= 0.3 is 0 Å². The van der Waals surface area contributed by atoms with Crippen molar-refractivity contribution >= 4 is 16.1 Å². The van der Waals surface area contributed by atoms with Crippen molar-refractivity contribution in [2.24, 2.45) is 5.92 Å². The molecular formula is C14H20N2O3S. The Morgan fingerprint density at radius 2 is 1.95 bits per heavy atom. The van der Waals surface area contributed by atoms with Crippen LogP contribution in [0.2, 0.25) is 0 Å². The summed E-state index contributed by atoms with van der Waals surface area (Å²) in [4.78, 5) is 11.2. The summed E-state index contributed by atoms with van der Waals surface area (Å²) in [6, 6.07) is 0.328. The minimum atomic E-state index is -2.88. The molecule has 0 aromatic carbocycles. The van der Waals surface area contributed by atoms with Crippen LogP contribution < -0.4 is 0 Å². The van der Waals surface area contributed by atoms with Crippen molar-refractivity contribution in [2.75, 3.05) is 11.5 Å². The van der Waals surface area contributed by atoms with E-state index in [0.29, 0.717) is 30.4 Å². The number of aldehydes is 1. The molecule has 1 aromatic rings. The molecule has 2 heterocycles. The van der Waals surface area contributed by atoms with E-state index in [4.69, 9.17) is 0 Å². The maximum absolute atomic E-state index is 11.5. The van der Waals surface area contributed by atoms with Gasteiger partial charge in [-0.05, 0) is 38.5 Å². The molecule has 0 N–H and O–H groups in total. The van der Waals surface area contributed by atoms with Crippen LogP contribution in [0.1, 0.15) is 60.6 Å². The third-order valence-corrected chi connectivity index (χ3v) is 6.30. The van der Waals surface area contributed by atoms with Crippen LogP contribution in [0.15, 0.2) is 6.20 Å². The van der Waals surface area contributed by atoms with E-state index >= 15 is 0 Å². The second-order valence-electron chi connectivity index (χ2n) is 6.07. The van der Waals surface area contributed by atoms with Gasteiger partial charge in [-0.3, -0.25) is 9.48 Å². The van der Waals surface area contributed by atoms with E-state index in [1.807, 2.05) is 10.9 Å². The van der Waals surface area contributed by atoms with E-state index < -0.39 is 9.84 Å². The van der Waals surface area contributed by atoms with Gasteiger partial charge in [-0.1, -0.05) is 0 Å². The Bertz CT molecular complexity index is 602. The van der Waals surface area contributed by atoms with Gasteiger partial charge in [-0.25, -0.2) is 8.42 Å². The van der Waals surface area contributed by atoms with Crippen LogP contribution in [-0.4, -0.2) is 36.0 Å². The molecule has 5 nitrogen and oxygen atoms in total. The molecule has 1 aliphatic heterocycles. The zero-order chi connectivity index (χ0) is 14.3. The standard InChI is InChI=1S/C14H20N2O3S/c1-10(11-2-3-11)16-8-13(9-17)14(15-16)12-4-6-20(18,19)7-5-12/h8-12H,2-7H2,1H3. The summed E-state index contributed by atoms with van der Waals surface area (Å²) in [6.45, 7) is 2.13. The molecule has 20 heavy (non-hydrogen) atoms. The van der Waals surface area contributed by atoms with Crippen molar-refractivity contribution in [3.05, 3.63) is 17.5 Å². The third-order valence-electron chi connectivity index (χ3n) is 4.58. The second kappa shape index (κ2) is 4.98. The average molecular weight is 296 g/mol. The van der Waals surface area contributed by atoms with E-state index in [9.17, 15) is 13.2 Å². The Hall–Kier alpha value is -1.17. The lowest BCUT2D eigenvalue weighted by Gasteiger charge is -2.20. The first-order chi connectivity index (χ1) is 9.50. The van der Waals surface area contributed by atoms with Gasteiger partial charge in [0, 0.05) is 12.1 Å². The molecular weight excluding hydrogens is 276 g/mol. The minimum absolute atomic E-state index is 0.103. The van der Waals surface area contributed by atoms with E-state index in [0.717, 1.165) is 12.0 Å².